The molecule has 0 amide bonds. The highest BCUT2D eigenvalue weighted by molar-refractivity contribution is 5.42. The van der Waals surface area contributed by atoms with Crippen molar-refractivity contribution in [1.29, 1.82) is 0 Å². The lowest BCUT2D eigenvalue weighted by atomic mass is 9.96. The van der Waals surface area contributed by atoms with E-state index < -0.39 is 0 Å². The molecule has 0 fully saturated rings. The first kappa shape index (κ1) is 11.2. The summed E-state index contributed by atoms with van der Waals surface area (Å²) >= 11 is 0. The standard InChI is InChI=1S/C14H15N3O/c15-9-12(14-16-5-1-6-17-14)10-2-3-13-11(8-10)4-7-18-13/h1-3,5-6,8,12H,4,7,9,15H2. The quantitative estimate of drug-likeness (QED) is 0.884. The minimum absolute atomic E-state index is 0.0529. The molecule has 3 rings (SSSR count). The monoisotopic (exact) mass is 241 g/mol. The fraction of sp³-hybridized carbons (Fsp3) is 0.286. The van der Waals surface area contributed by atoms with E-state index in [0.29, 0.717) is 6.54 Å². The Balaban J connectivity index is 1.97. The van der Waals surface area contributed by atoms with E-state index in [9.17, 15) is 0 Å². The molecule has 18 heavy (non-hydrogen) atoms. The first-order chi connectivity index (χ1) is 8.88. The molecule has 2 heterocycles. The molecule has 0 bridgehead atoms. The maximum atomic E-state index is 5.87. The number of fused-ring (bicyclic) bond motifs is 1. The van der Waals surface area contributed by atoms with Gasteiger partial charge in [-0.1, -0.05) is 12.1 Å². The molecule has 2 N–H and O–H groups in total. The van der Waals surface area contributed by atoms with E-state index in [0.717, 1.165) is 30.2 Å². The zero-order valence-corrected chi connectivity index (χ0v) is 10.0. The number of benzene rings is 1. The summed E-state index contributed by atoms with van der Waals surface area (Å²) in [5.74, 6) is 1.82. The van der Waals surface area contributed by atoms with Crippen LogP contribution in [0.1, 0.15) is 22.9 Å². The van der Waals surface area contributed by atoms with Crippen molar-refractivity contribution in [2.75, 3.05) is 13.2 Å². The number of nitrogens with zero attached hydrogens (tertiary/aromatic N) is 2. The van der Waals surface area contributed by atoms with Crippen molar-refractivity contribution in [2.24, 2.45) is 5.73 Å². The Morgan fingerprint density at radius 2 is 2.11 bits per heavy atom. The van der Waals surface area contributed by atoms with Gasteiger partial charge in [-0.15, -0.1) is 0 Å². The van der Waals surface area contributed by atoms with E-state index in [-0.39, 0.29) is 5.92 Å². The third-order valence-corrected chi connectivity index (χ3v) is 3.25. The van der Waals surface area contributed by atoms with E-state index in [1.54, 1.807) is 12.4 Å². The van der Waals surface area contributed by atoms with Gasteiger partial charge in [-0.25, -0.2) is 9.97 Å². The summed E-state index contributed by atoms with van der Waals surface area (Å²) in [7, 11) is 0. The lowest BCUT2D eigenvalue weighted by Gasteiger charge is -2.14. The molecular formula is C14H15N3O. The van der Waals surface area contributed by atoms with Crippen molar-refractivity contribution in [2.45, 2.75) is 12.3 Å². The molecule has 4 heteroatoms. The fourth-order valence-corrected chi connectivity index (χ4v) is 2.30. The summed E-state index contributed by atoms with van der Waals surface area (Å²) in [6, 6.07) is 8.05. The predicted octanol–water partition coefficient (Wildman–Crippen LogP) is 1.50. The van der Waals surface area contributed by atoms with Crippen molar-refractivity contribution in [3.05, 3.63) is 53.6 Å². The summed E-state index contributed by atoms with van der Waals surface area (Å²) in [6.07, 6.45) is 4.47. The first-order valence-corrected chi connectivity index (χ1v) is 6.11. The Bertz CT molecular complexity index is 542. The Hall–Kier alpha value is -1.94. The normalized spacial score (nSPS) is 14.9. The van der Waals surface area contributed by atoms with E-state index in [4.69, 9.17) is 10.5 Å². The molecule has 1 aromatic heterocycles. The third kappa shape index (κ3) is 1.95. The molecular weight excluding hydrogens is 226 g/mol. The van der Waals surface area contributed by atoms with Gasteiger partial charge in [0.25, 0.3) is 0 Å². The van der Waals surface area contributed by atoms with Crippen LogP contribution in [-0.2, 0) is 6.42 Å². The minimum Gasteiger partial charge on any atom is -0.493 e. The van der Waals surface area contributed by atoms with Gasteiger partial charge < -0.3 is 10.5 Å². The van der Waals surface area contributed by atoms with Gasteiger partial charge in [-0.2, -0.15) is 0 Å². The molecule has 0 aliphatic carbocycles. The maximum Gasteiger partial charge on any atom is 0.136 e. The number of nitrogens with two attached hydrogens (primary N) is 1. The van der Waals surface area contributed by atoms with Crippen LogP contribution in [0.2, 0.25) is 0 Å². The Labute approximate surface area is 106 Å². The second-order valence-corrected chi connectivity index (χ2v) is 4.36. The average molecular weight is 241 g/mol. The first-order valence-electron chi connectivity index (χ1n) is 6.11. The lowest BCUT2D eigenvalue weighted by molar-refractivity contribution is 0.357. The molecule has 1 aromatic carbocycles. The van der Waals surface area contributed by atoms with Crippen molar-refractivity contribution >= 4 is 0 Å². The fourth-order valence-electron chi connectivity index (χ4n) is 2.30. The third-order valence-electron chi connectivity index (χ3n) is 3.25. The molecule has 4 nitrogen and oxygen atoms in total. The molecule has 92 valence electrons. The SMILES string of the molecule is NCC(c1ccc2c(c1)CCO2)c1ncccn1. The van der Waals surface area contributed by atoms with Crippen LogP contribution in [-0.4, -0.2) is 23.1 Å². The number of aromatic nitrogens is 2. The van der Waals surface area contributed by atoms with Crippen molar-refractivity contribution in [3.8, 4) is 5.75 Å². The number of rotatable bonds is 3. The van der Waals surface area contributed by atoms with Gasteiger partial charge in [0.2, 0.25) is 0 Å². The van der Waals surface area contributed by atoms with Crippen LogP contribution in [0.4, 0.5) is 0 Å². The van der Waals surface area contributed by atoms with E-state index in [2.05, 4.69) is 22.1 Å². The maximum absolute atomic E-state index is 5.87. The zero-order valence-electron chi connectivity index (χ0n) is 10.0. The van der Waals surface area contributed by atoms with Crippen LogP contribution >= 0.6 is 0 Å². The molecule has 0 radical (unpaired) electrons. The summed E-state index contributed by atoms with van der Waals surface area (Å²) in [5, 5.41) is 0. The summed E-state index contributed by atoms with van der Waals surface area (Å²) in [5.41, 5.74) is 8.28. The van der Waals surface area contributed by atoms with Crippen LogP contribution in [0.3, 0.4) is 0 Å². The predicted molar refractivity (Wildman–Crippen MR) is 68.6 cm³/mol. The largest absolute Gasteiger partial charge is 0.493 e. The molecule has 0 saturated carbocycles. The van der Waals surface area contributed by atoms with E-state index in [1.807, 2.05) is 12.1 Å². The van der Waals surface area contributed by atoms with Crippen molar-refractivity contribution < 1.29 is 4.74 Å². The zero-order chi connectivity index (χ0) is 12.4. The van der Waals surface area contributed by atoms with Crippen LogP contribution in [0, 0.1) is 0 Å². The molecule has 1 aliphatic heterocycles. The highest BCUT2D eigenvalue weighted by Gasteiger charge is 2.19. The van der Waals surface area contributed by atoms with Gasteiger partial charge in [0.15, 0.2) is 0 Å². The Morgan fingerprint density at radius 3 is 2.89 bits per heavy atom. The van der Waals surface area contributed by atoms with Gasteiger partial charge in [0.1, 0.15) is 11.6 Å². The van der Waals surface area contributed by atoms with Crippen LogP contribution < -0.4 is 10.5 Å². The average Bonchev–Trinajstić information content (AvgIpc) is 2.88. The highest BCUT2D eigenvalue weighted by atomic mass is 16.5. The second kappa shape index (κ2) is 4.74. The van der Waals surface area contributed by atoms with Crippen LogP contribution in [0.15, 0.2) is 36.7 Å². The Kier molecular flexibility index (Phi) is 2.94. The Morgan fingerprint density at radius 1 is 1.28 bits per heavy atom. The van der Waals surface area contributed by atoms with Gasteiger partial charge in [0.05, 0.1) is 12.5 Å². The van der Waals surface area contributed by atoms with Gasteiger partial charge >= 0.3 is 0 Å². The molecule has 1 aliphatic rings. The van der Waals surface area contributed by atoms with Gasteiger partial charge in [-0.05, 0) is 23.3 Å². The number of hydrogen-bond donors (Lipinski definition) is 1. The molecule has 1 unspecified atom stereocenters. The molecule has 1 atom stereocenters. The lowest BCUT2D eigenvalue weighted by Crippen LogP contribution is -2.16. The molecule has 0 spiro atoms. The smallest absolute Gasteiger partial charge is 0.136 e. The second-order valence-electron chi connectivity index (χ2n) is 4.36. The van der Waals surface area contributed by atoms with E-state index in [1.165, 1.54) is 5.56 Å². The van der Waals surface area contributed by atoms with Gasteiger partial charge in [-0.3, -0.25) is 0 Å². The highest BCUT2D eigenvalue weighted by Crippen LogP contribution is 2.30. The van der Waals surface area contributed by atoms with Crippen LogP contribution in [0.5, 0.6) is 5.75 Å². The topological polar surface area (TPSA) is 61.0 Å². The van der Waals surface area contributed by atoms with E-state index >= 15 is 0 Å². The number of hydrogen-bond acceptors (Lipinski definition) is 4. The summed E-state index contributed by atoms with van der Waals surface area (Å²) < 4.78 is 5.51. The minimum atomic E-state index is 0.0529. The summed E-state index contributed by atoms with van der Waals surface area (Å²) in [4.78, 5) is 8.59. The summed E-state index contributed by atoms with van der Waals surface area (Å²) in [6.45, 7) is 1.28. The van der Waals surface area contributed by atoms with Crippen molar-refractivity contribution in [3.63, 3.8) is 0 Å². The molecule has 2 aromatic rings. The van der Waals surface area contributed by atoms with Gasteiger partial charge in [0, 0.05) is 25.4 Å². The molecule has 0 saturated heterocycles. The number of ether oxygens (including phenoxy) is 1. The van der Waals surface area contributed by atoms with Crippen molar-refractivity contribution in [1.82, 2.24) is 9.97 Å². The van der Waals surface area contributed by atoms with Crippen LogP contribution in [0.25, 0.3) is 0 Å².